The number of hydrogen-bond donors (Lipinski definition) is 8. The largest absolute Gasteiger partial charge is 0.490 e. The highest BCUT2D eigenvalue weighted by molar-refractivity contribution is 7.85. The summed E-state index contributed by atoms with van der Waals surface area (Å²) in [5.41, 5.74) is 14.5. The lowest BCUT2D eigenvalue weighted by molar-refractivity contribution is -0.248. The van der Waals surface area contributed by atoms with E-state index in [4.69, 9.17) is 35.8 Å². The number of alkyl carbamates (subject to hydrolysis) is 1. The van der Waals surface area contributed by atoms with Crippen LogP contribution >= 0.6 is 11.3 Å². The Morgan fingerprint density at radius 3 is 2.24 bits per heavy atom. The molecule has 3 aromatic carbocycles. The first kappa shape index (κ1) is 74.5. The maximum Gasteiger partial charge on any atom is 0.407 e. The Bertz CT molecular complexity index is 4350. The predicted molar refractivity (Wildman–Crippen MR) is 382 cm³/mol. The van der Waals surface area contributed by atoms with E-state index in [1.165, 1.54) is 47.8 Å². The van der Waals surface area contributed by atoms with Gasteiger partial charge in [-0.1, -0.05) is 69.7 Å². The first-order valence-corrected chi connectivity index (χ1v) is 36.9. The molecule has 5 atom stereocenters. The molecule has 5 heterocycles. The van der Waals surface area contributed by atoms with Gasteiger partial charge in [0.15, 0.2) is 10.8 Å². The van der Waals surface area contributed by atoms with Crippen molar-refractivity contribution in [3.8, 4) is 28.1 Å². The van der Waals surface area contributed by atoms with Gasteiger partial charge in [-0.3, -0.25) is 48.3 Å². The highest BCUT2D eigenvalue weighted by atomic mass is 32.2. The van der Waals surface area contributed by atoms with Gasteiger partial charge in [0, 0.05) is 60.7 Å². The molecule has 6 aliphatic rings. The highest BCUT2D eigenvalue weighted by Crippen LogP contribution is 2.72. The van der Waals surface area contributed by atoms with Gasteiger partial charge < -0.3 is 46.7 Å². The van der Waals surface area contributed by atoms with Crippen molar-refractivity contribution in [3.05, 3.63) is 114 Å². The topological polar surface area (TPSA) is 409 Å². The van der Waals surface area contributed by atoms with E-state index in [-0.39, 0.29) is 105 Å². The lowest BCUT2D eigenvalue weighted by Gasteiger charge is -2.69. The standard InChI is InChI=1S/C72H87N13O16S2/c1-43(2)60(80-57(86)15-7-6-10-28-83-58(87)24-25-59(83)88)62(89)78-53(13-11-27-73)63(90)85(65(74)93)48-19-16-45(17-20-48)34-100-68(95)76-47(35-103(96,97)98)26-30-101-72-39-69(4)36-70(5,40-72)38-71(37-69,41-72)42-84-44(3)50(33-75-84)49-21-22-51(77-61(49)64(91)92)46-18-23-55-54(32-46)82(29-31-99-55)67(94)81-66-79-52-12-8-9-14-56(52)102-66/h8-9,12,14,16-25,32-33,43,47,53,60H,6-7,10-11,13,15,26-31,34-42,73H2,1-5H3,(H2,74,93)(H,76,95)(H,78,89)(H,80,86)(H,91,92)(H,79,81,94)(H,96,97,98)/t47?,53-,60-,69?,70?,71?,72?/m0/s1. The minimum atomic E-state index is -4.63. The highest BCUT2D eigenvalue weighted by Gasteiger charge is 2.66. The number of ether oxygens (including phenoxy) is 3. The number of anilines is 3. The van der Waals surface area contributed by atoms with Crippen LogP contribution in [0.3, 0.4) is 0 Å². The summed E-state index contributed by atoms with van der Waals surface area (Å²) in [5.74, 6) is -4.79. The zero-order valence-electron chi connectivity index (χ0n) is 58.1. The zero-order valence-corrected chi connectivity index (χ0v) is 59.7. The van der Waals surface area contributed by atoms with Gasteiger partial charge in [-0.25, -0.2) is 34.0 Å². The summed E-state index contributed by atoms with van der Waals surface area (Å²) in [4.78, 5) is 131. The van der Waals surface area contributed by atoms with Crippen LogP contribution in [0.1, 0.15) is 133 Å². The Morgan fingerprint density at radius 2 is 1.56 bits per heavy atom. The van der Waals surface area contributed by atoms with Gasteiger partial charge in [0.05, 0.1) is 57.4 Å². The molecule has 0 radical (unpaired) electrons. The summed E-state index contributed by atoms with van der Waals surface area (Å²) in [6.45, 7) is 10.9. The number of nitrogens with zero attached hydrogens (tertiary/aromatic N) is 7. The number of urea groups is 2. The normalized spacial score (nSPS) is 21.2. The van der Waals surface area contributed by atoms with E-state index in [9.17, 15) is 61.2 Å². The third-order valence-electron chi connectivity index (χ3n) is 19.9. The molecule has 3 unspecified atom stereocenters. The van der Waals surface area contributed by atoms with Crippen molar-refractivity contribution in [3.63, 3.8) is 0 Å². The number of benzene rings is 3. The van der Waals surface area contributed by atoms with E-state index in [1.807, 2.05) is 35.9 Å². The van der Waals surface area contributed by atoms with E-state index in [0.717, 1.165) is 52.9 Å². The van der Waals surface area contributed by atoms with Crippen LogP contribution in [0.15, 0.2) is 97.2 Å². The number of carbonyl (C=O) groups is 9. The SMILES string of the molecule is Cc1c(-c2ccc(-c3ccc4c(c3)N(C(=O)Nc3nc5ccccc5s3)CCO4)nc2C(=O)O)cnn1CC12CC3(C)CC(C)(C1)CC(OCCC(CS(=O)(=O)O)NC(=O)OCc1ccc(N(C(N)=O)C(=O)[C@H](CCCN)NC(=O)[C@@H](NC(=O)CCCCCN4C(=O)C=CC4=O)C(C)C)cc1)(C3)C2. The summed E-state index contributed by atoms with van der Waals surface area (Å²) in [6, 6.07) is 16.9. The van der Waals surface area contributed by atoms with Gasteiger partial charge >= 0.3 is 24.1 Å². The minimum absolute atomic E-state index is 0.00942. The number of carbonyl (C=O) groups excluding carboxylic acids is 8. The average Bonchev–Trinajstić information content (AvgIpc) is 0.927. The number of rotatable bonds is 30. The van der Waals surface area contributed by atoms with Gasteiger partial charge in [0.2, 0.25) is 11.8 Å². The lowest BCUT2D eigenvalue weighted by Crippen LogP contribution is -2.64. The van der Waals surface area contributed by atoms with Gasteiger partial charge in [-0.15, -0.1) is 0 Å². The van der Waals surface area contributed by atoms with E-state index in [1.54, 1.807) is 55.3 Å². The molecular formula is C72H87N13O16S2. The Labute approximate surface area is 599 Å². The van der Waals surface area contributed by atoms with Crippen LogP contribution in [0.4, 0.5) is 30.9 Å². The second kappa shape index (κ2) is 30.7. The van der Waals surface area contributed by atoms with Crippen molar-refractivity contribution in [2.75, 3.05) is 53.7 Å². The summed E-state index contributed by atoms with van der Waals surface area (Å²) in [6.07, 6.45) is 9.65. The molecule has 4 aliphatic carbocycles. The Morgan fingerprint density at radius 1 is 0.835 bits per heavy atom. The minimum Gasteiger partial charge on any atom is -0.490 e. The van der Waals surface area contributed by atoms with Crippen LogP contribution < -0.4 is 47.3 Å². The molecular weight excluding hydrogens is 1370 g/mol. The fraction of sp³-hybridized carbons (Fsp3) is 0.472. The maximum atomic E-state index is 14.2. The number of fused-ring (bicyclic) bond motifs is 2. The van der Waals surface area contributed by atoms with Crippen LogP contribution in [0, 0.1) is 29.1 Å². The number of aromatic carboxylic acids is 1. The summed E-state index contributed by atoms with van der Waals surface area (Å²) in [7, 11) is -4.63. The number of unbranched alkanes of at least 4 members (excludes halogenated alkanes) is 2. The van der Waals surface area contributed by atoms with Crippen molar-refractivity contribution in [2.24, 2.45) is 33.6 Å². The molecule has 31 heteroatoms. The van der Waals surface area contributed by atoms with Crippen LogP contribution in [-0.2, 0) is 56.7 Å². The van der Waals surface area contributed by atoms with E-state index in [0.29, 0.717) is 81.6 Å². The first-order valence-electron chi connectivity index (χ1n) is 34.5. The van der Waals surface area contributed by atoms with E-state index < -0.39 is 87.4 Å². The van der Waals surface area contributed by atoms with Crippen molar-refractivity contribution in [2.45, 2.75) is 155 Å². The second-order valence-corrected chi connectivity index (χ2v) is 31.4. The first-order chi connectivity index (χ1) is 48.9. The van der Waals surface area contributed by atoms with Crippen molar-refractivity contribution in [1.82, 2.24) is 40.6 Å². The molecule has 4 bridgehead atoms. The number of carboxylic acid groups (broad SMARTS) is 1. The Kier molecular flexibility index (Phi) is 22.2. The molecule has 0 spiro atoms. The maximum absolute atomic E-state index is 14.2. The van der Waals surface area contributed by atoms with Crippen LogP contribution in [0.25, 0.3) is 32.6 Å². The number of hydrogen-bond acceptors (Lipinski definition) is 19. The number of nitrogens with one attached hydrogen (secondary N) is 4. The Hall–Kier alpha value is -9.69. The molecule has 10 N–H and O–H groups in total. The van der Waals surface area contributed by atoms with Crippen molar-refractivity contribution < 1.29 is 75.4 Å². The monoisotopic (exact) mass is 1450 g/mol. The third kappa shape index (κ3) is 17.5. The van der Waals surface area contributed by atoms with Gasteiger partial charge in [0.25, 0.3) is 27.8 Å². The van der Waals surface area contributed by atoms with Crippen LogP contribution in [0.5, 0.6) is 5.75 Å². The van der Waals surface area contributed by atoms with Gasteiger partial charge in [-0.05, 0) is 166 Å². The number of aromatic nitrogens is 4. The molecule has 12 rings (SSSR count). The number of imide groups is 2. The second-order valence-electron chi connectivity index (χ2n) is 28.9. The van der Waals surface area contributed by atoms with Gasteiger partial charge in [0.1, 0.15) is 31.0 Å². The zero-order chi connectivity index (χ0) is 73.8. The number of primary amides is 1. The number of nitrogens with two attached hydrogens (primary N) is 2. The summed E-state index contributed by atoms with van der Waals surface area (Å²) >= 11 is 1.36. The number of carboxylic acids is 1. The third-order valence-corrected chi connectivity index (χ3v) is 21.7. The molecule has 6 aromatic rings. The van der Waals surface area contributed by atoms with Crippen LogP contribution in [-0.4, -0.2) is 159 Å². The fourth-order valence-corrected chi connectivity index (χ4v) is 18.1. The molecule has 29 nitrogen and oxygen atoms in total. The Balaban J connectivity index is 0.696. The number of thiazole rings is 1. The average molecular weight is 1450 g/mol. The predicted octanol–water partition coefficient (Wildman–Crippen LogP) is 8.63. The number of amides is 10. The summed E-state index contributed by atoms with van der Waals surface area (Å²) < 4.78 is 56.2. The smallest absolute Gasteiger partial charge is 0.407 e. The molecule has 3 aromatic heterocycles. The molecule has 4 fully saturated rings. The molecule has 548 valence electrons. The molecule has 0 saturated heterocycles. The van der Waals surface area contributed by atoms with Gasteiger partial charge in [-0.2, -0.15) is 13.5 Å². The molecule has 103 heavy (non-hydrogen) atoms. The molecule has 10 amide bonds. The lowest BCUT2D eigenvalue weighted by atomic mass is 9.39. The van der Waals surface area contributed by atoms with Crippen molar-refractivity contribution in [1.29, 1.82) is 0 Å². The van der Waals surface area contributed by atoms with Crippen molar-refractivity contribution >= 4 is 102 Å². The quantitative estimate of drug-likeness (QED) is 0.0119. The number of pyridine rings is 1. The fourth-order valence-electron chi connectivity index (χ4n) is 16.5. The molecule has 2 aliphatic heterocycles. The van der Waals surface area contributed by atoms with E-state index >= 15 is 0 Å². The number of para-hydroxylation sites is 1. The van der Waals surface area contributed by atoms with E-state index in [2.05, 4.69) is 40.1 Å². The van der Waals surface area contributed by atoms with Crippen LogP contribution in [0.2, 0.25) is 0 Å². The molecule has 4 saturated carbocycles. The summed E-state index contributed by atoms with van der Waals surface area (Å²) in [5, 5.41) is 27.0.